The van der Waals surface area contributed by atoms with Gasteiger partial charge in [-0.1, -0.05) is 13.8 Å². The van der Waals surface area contributed by atoms with E-state index in [1.54, 1.807) is 13.8 Å². The molecule has 0 atom stereocenters. The lowest BCUT2D eigenvalue weighted by atomic mass is 9.92. The Kier molecular flexibility index (Phi) is 5.19. The van der Waals surface area contributed by atoms with Crippen LogP contribution in [0.25, 0.3) is 0 Å². The Bertz CT molecular complexity index is 324. The first kappa shape index (κ1) is 16.7. The van der Waals surface area contributed by atoms with Crippen LogP contribution in [0, 0.1) is 11.3 Å². The first-order chi connectivity index (χ1) is 7.88. The van der Waals surface area contributed by atoms with E-state index >= 15 is 0 Å². The van der Waals surface area contributed by atoms with Crippen molar-refractivity contribution in [3.8, 4) is 0 Å². The Morgan fingerprint density at radius 3 is 1.94 bits per heavy atom. The van der Waals surface area contributed by atoms with Crippen LogP contribution < -0.4 is 0 Å². The van der Waals surface area contributed by atoms with Crippen LogP contribution in [0.1, 0.15) is 27.7 Å². The smallest absolute Gasteiger partial charge is 0.471 e. The lowest BCUT2D eigenvalue weighted by Gasteiger charge is -2.31. The van der Waals surface area contributed by atoms with Gasteiger partial charge in [0.25, 0.3) is 0 Å². The number of hydrogen-bond acceptors (Lipinski definition) is 2. The molecule has 0 fully saturated rings. The largest absolute Gasteiger partial charge is 0.481 e. The molecule has 0 aliphatic carbocycles. The lowest BCUT2D eigenvalue weighted by molar-refractivity contribution is -0.188. The molecule has 0 radical (unpaired) electrons. The summed E-state index contributed by atoms with van der Waals surface area (Å²) in [7, 11) is 0. The Morgan fingerprint density at radius 2 is 1.67 bits per heavy atom. The number of alkyl halides is 3. The highest BCUT2D eigenvalue weighted by Gasteiger charge is 2.44. The van der Waals surface area contributed by atoms with E-state index in [-0.39, 0.29) is 12.5 Å². The molecule has 1 N–H and O–H groups in total. The van der Waals surface area contributed by atoms with Crippen molar-refractivity contribution < 1.29 is 27.9 Å². The van der Waals surface area contributed by atoms with E-state index in [9.17, 15) is 22.8 Å². The molecule has 18 heavy (non-hydrogen) atoms. The molecule has 106 valence electrons. The predicted octanol–water partition coefficient (Wildman–Crippen LogP) is 2.14. The number of halogens is 3. The maximum atomic E-state index is 12.4. The Hall–Kier alpha value is -1.27. The van der Waals surface area contributed by atoms with Gasteiger partial charge < -0.3 is 10.0 Å². The average molecular weight is 269 g/mol. The van der Waals surface area contributed by atoms with Crippen molar-refractivity contribution in [2.45, 2.75) is 33.9 Å². The van der Waals surface area contributed by atoms with E-state index in [4.69, 9.17) is 5.11 Å². The van der Waals surface area contributed by atoms with E-state index in [0.717, 1.165) is 0 Å². The maximum absolute atomic E-state index is 12.4. The summed E-state index contributed by atoms with van der Waals surface area (Å²) < 4.78 is 37.2. The zero-order valence-corrected chi connectivity index (χ0v) is 10.8. The molecule has 0 aromatic heterocycles. The highest BCUT2D eigenvalue weighted by atomic mass is 19.4. The zero-order chi connectivity index (χ0) is 14.7. The van der Waals surface area contributed by atoms with E-state index < -0.39 is 30.0 Å². The number of amides is 1. The molecule has 0 rings (SSSR count). The molecule has 0 aliphatic heterocycles. The van der Waals surface area contributed by atoms with Gasteiger partial charge >= 0.3 is 18.1 Å². The van der Waals surface area contributed by atoms with Gasteiger partial charge in [0.2, 0.25) is 0 Å². The van der Waals surface area contributed by atoms with Crippen molar-refractivity contribution >= 4 is 11.9 Å². The minimum Gasteiger partial charge on any atom is -0.481 e. The van der Waals surface area contributed by atoms with E-state index in [1.165, 1.54) is 13.8 Å². The average Bonchev–Trinajstić information content (AvgIpc) is 2.12. The van der Waals surface area contributed by atoms with Crippen LogP contribution in [0.3, 0.4) is 0 Å². The van der Waals surface area contributed by atoms with Gasteiger partial charge in [0.15, 0.2) is 0 Å². The number of carbonyl (C=O) groups excluding carboxylic acids is 1. The molecule has 0 unspecified atom stereocenters. The third-order valence-corrected chi connectivity index (χ3v) is 2.28. The maximum Gasteiger partial charge on any atom is 0.471 e. The predicted molar refractivity (Wildman–Crippen MR) is 58.9 cm³/mol. The van der Waals surface area contributed by atoms with Gasteiger partial charge in [0, 0.05) is 13.1 Å². The summed E-state index contributed by atoms with van der Waals surface area (Å²) >= 11 is 0. The van der Waals surface area contributed by atoms with Gasteiger partial charge in [-0.15, -0.1) is 0 Å². The summed E-state index contributed by atoms with van der Waals surface area (Å²) in [6.07, 6.45) is -4.98. The van der Waals surface area contributed by atoms with Crippen molar-refractivity contribution in [1.29, 1.82) is 0 Å². The SMILES string of the molecule is CC(C)CN(CC(C)(C)C(=O)O)C(=O)C(F)(F)F. The van der Waals surface area contributed by atoms with Gasteiger partial charge in [-0.2, -0.15) is 13.2 Å². The van der Waals surface area contributed by atoms with E-state index in [1.807, 2.05) is 0 Å². The van der Waals surface area contributed by atoms with Crippen LogP contribution >= 0.6 is 0 Å². The summed E-state index contributed by atoms with van der Waals surface area (Å²) in [5.41, 5.74) is -1.42. The molecule has 0 bridgehead atoms. The molecule has 0 aliphatic rings. The molecular weight excluding hydrogens is 251 g/mol. The van der Waals surface area contributed by atoms with Crippen LogP contribution in [-0.2, 0) is 9.59 Å². The molecule has 0 aromatic rings. The number of carboxylic acid groups (broad SMARTS) is 1. The number of carbonyl (C=O) groups is 2. The molecule has 0 saturated carbocycles. The number of carboxylic acids is 1. The van der Waals surface area contributed by atoms with Crippen LogP contribution in [0.5, 0.6) is 0 Å². The normalized spacial score (nSPS) is 12.7. The van der Waals surface area contributed by atoms with Crippen molar-refractivity contribution in [3.63, 3.8) is 0 Å². The number of rotatable bonds is 5. The summed E-state index contributed by atoms with van der Waals surface area (Å²) in [6, 6.07) is 0. The first-order valence-electron chi connectivity index (χ1n) is 5.47. The third kappa shape index (κ3) is 4.93. The summed E-state index contributed by atoms with van der Waals surface area (Å²) in [5.74, 6) is -3.42. The highest BCUT2D eigenvalue weighted by molar-refractivity contribution is 5.83. The molecule has 4 nitrogen and oxygen atoms in total. The second-order valence-electron chi connectivity index (χ2n) is 5.27. The Labute approximate surface area is 104 Å². The first-order valence-corrected chi connectivity index (χ1v) is 5.47. The van der Waals surface area contributed by atoms with Gasteiger partial charge in [-0.3, -0.25) is 9.59 Å². The van der Waals surface area contributed by atoms with Crippen molar-refractivity contribution in [1.82, 2.24) is 4.90 Å². The molecule has 0 heterocycles. The van der Waals surface area contributed by atoms with Crippen LogP contribution in [0.4, 0.5) is 13.2 Å². The topological polar surface area (TPSA) is 57.6 Å². The lowest BCUT2D eigenvalue weighted by Crippen LogP contribution is -2.48. The quantitative estimate of drug-likeness (QED) is 0.832. The highest BCUT2D eigenvalue weighted by Crippen LogP contribution is 2.24. The molecule has 1 amide bonds. The Balaban J connectivity index is 5.03. The molecule has 0 saturated heterocycles. The molecule has 0 spiro atoms. The second-order valence-corrected chi connectivity index (χ2v) is 5.27. The minimum absolute atomic E-state index is 0.130. The van der Waals surface area contributed by atoms with Gasteiger partial charge in [0.1, 0.15) is 0 Å². The fourth-order valence-electron chi connectivity index (χ4n) is 1.38. The van der Waals surface area contributed by atoms with Crippen molar-refractivity contribution in [2.24, 2.45) is 11.3 Å². The summed E-state index contributed by atoms with van der Waals surface area (Å²) in [4.78, 5) is 22.7. The standard InChI is InChI=1S/C11H18F3NO3/c1-7(2)5-15(8(16)11(12,13)14)6-10(3,4)9(17)18/h7H,5-6H2,1-4H3,(H,17,18). The van der Waals surface area contributed by atoms with Gasteiger partial charge in [0.05, 0.1) is 5.41 Å². The van der Waals surface area contributed by atoms with Crippen molar-refractivity contribution in [3.05, 3.63) is 0 Å². The number of hydrogen-bond donors (Lipinski definition) is 1. The van der Waals surface area contributed by atoms with E-state index in [2.05, 4.69) is 0 Å². The Morgan fingerprint density at radius 1 is 1.22 bits per heavy atom. The van der Waals surface area contributed by atoms with Crippen LogP contribution in [0.2, 0.25) is 0 Å². The van der Waals surface area contributed by atoms with Gasteiger partial charge in [-0.25, -0.2) is 0 Å². The summed E-state index contributed by atoms with van der Waals surface area (Å²) in [6.45, 7) is 5.28. The van der Waals surface area contributed by atoms with Crippen LogP contribution in [0.15, 0.2) is 0 Å². The molecule has 0 aromatic carbocycles. The van der Waals surface area contributed by atoms with Gasteiger partial charge in [-0.05, 0) is 19.8 Å². The van der Waals surface area contributed by atoms with Crippen molar-refractivity contribution in [2.75, 3.05) is 13.1 Å². The monoisotopic (exact) mass is 269 g/mol. The van der Waals surface area contributed by atoms with Crippen LogP contribution in [-0.4, -0.2) is 41.1 Å². The minimum atomic E-state index is -4.98. The van der Waals surface area contributed by atoms with E-state index in [0.29, 0.717) is 4.90 Å². The number of nitrogens with zero attached hydrogens (tertiary/aromatic N) is 1. The third-order valence-electron chi connectivity index (χ3n) is 2.28. The molecular formula is C11H18F3NO3. The zero-order valence-electron chi connectivity index (χ0n) is 10.8. The summed E-state index contributed by atoms with van der Waals surface area (Å²) in [5, 5.41) is 8.89. The fraction of sp³-hybridized carbons (Fsp3) is 0.818. The number of aliphatic carboxylic acids is 1. The second kappa shape index (κ2) is 5.58. The fourth-order valence-corrected chi connectivity index (χ4v) is 1.38. The molecule has 7 heteroatoms.